The van der Waals surface area contributed by atoms with Gasteiger partial charge in [-0.3, -0.25) is 4.79 Å². The van der Waals surface area contributed by atoms with E-state index in [2.05, 4.69) is 5.32 Å². The minimum Gasteiger partial charge on any atom is -0.465 e. The van der Waals surface area contributed by atoms with Crippen molar-refractivity contribution in [2.75, 3.05) is 26.5 Å². The lowest BCUT2D eigenvalue weighted by molar-refractivity contribution is -0.127. The summed E-state index contributed by atoms with van der Waals surface area (Å²) in [5.74, 6) is -0.298. The average Bonchev–Trinajstić information content (AvgIpc) is 2.57. The molecule has 0 unspecified atom stereocenters. The quantitative estimate of drug-likeness (QED) is 0.858. The van der Waals surface area contributed by atoms with E-state index in [1.54, 1.807) is 31.1 Å². The minimum absolute atomic E-state index is 0.0670. The molecule has 2 rings (SSSR count). The number of hydrogen-bond acceptors (Lipinski definition) is 4. The Morgan fingerprint density at radius 3 is 2.33 bits per heavy atom. The van der Waals surface area contributed by atoms with Crippen LogP contribution >= 0.6 is 0 Å². The fourth-order valence-electron chi connectivity index (χ4n) is 2.20. The number of ether oxygens (including phenoxy) is 1. The minimum atomic E-state index is -0.365. The molecule has 0 aliphatic heterocycles. The van der Waals surface area contributed by atoms with Gasteiger partial charge in [-0.05, 0) is 42.3 Å². The first-order valence-electron chi connectivity index (χ1n) is 7.66. The average molecular weight is 326 g/mol. The first-order chi connectivity index (χ1) is 11.4. The molecule has 126 valence electrons. The van der Waals surface area contributed by atoms with Crippen LogP contribution in [-0.2, 0) is 16.0 Å². The Bertz CT molecular complexity index is 737. The van der Waals surface area contributed by atoms with Gasteiger partial charge in [0.2, 0.25) is 5.91 Å². The van der Waals surface area contributed by atoms with Crippen molar-refractivity contribution in [3.05, 3.63) is 59.2 Å². The number of amides is 1. The highest BCUT2D eigenvalue weighted by Gasteiger charge is 2.09. The molecule has 0 radical (unpaired) electrons. The summed E-state index contributed by atoms with van der Waals surface area (Å²) in [5.41, 5.74) is 4.21. The molecule has 0 saturated heterocycles. The zero-order valence-corrected chi connectivity index (χ0v) is 14.4. The smallest absolute Gasteiger partial charge is 0.337 e. The highest BCUT2D eigenvalue weighted by molar-refractivity contribution is 5.91. The third-order valence-electron chi connectivity index (χ3n) is 3.75. The molecule has 0 heterocycles. The van der Waals surface area contributed by atoms with E-state index in [0.29, 0.717) is 12.0 Å². The summed E-state index contributed by atoms with van der Waals surface area (Å²) in [6.07, 6.45) is 0.379. The molecule has 24 heavy (non-hydrogen) atoms. The number of esters is 1. The van der Waals surface area contributed by atoms with Gasteiger partial charge in [-0.25, -0.2) is 4.79 Å². The maximum atomic E-state index is 11.7. The van der Waals surface area contributed by atoms with Crippen molar-refractivity contribution in [2.45, 2.75) is 13.3 Å². The van der Waals surface area contributed by atoms with Crippen molar-refractivity contribution < 1.29 is 14.3 Å². The molecule has 2 aromatic rings. The highest BCUT2D eigenvalue weighted by Crippen LogP contribution is 2.23. The topological polar surface area (TPSA) is 58.6 Å². The first kappa shape index (κ1) is 17.5. The number of aryl methyl sites for hydroxylation is 1. The van der Waals surface area contributed by atoms with Crippen molar-refractivity contribution in [3.63, 3.8) is 0 Å². The van der Waals surface area contributed by atoms with Crippen LogP contribution < -0.4 is 5.32 Å². The molecule has 0 bridgehead atoms. The Morgan fingerprint density at radius 2 is 1.75 bits per heavy atom. The van der Waals surface area contributed by atoms with Crippen LogP contribution in [-0.4, -0.2) is 38.0 Å². The lowest BCUT2D eigenvalue weighted by Crippen LogP contribution is -2.23. The number of benzene rings is 2. The van der Waals surface area contributed by atoms with Gasteiger partial charge in [0.1, 0.15) is 0 Å². The predicted molar refractivity (Wildman–Crippen MR) is 94.6 cm³/mol. The number of carbonyl (C=O) groups is 2. The van der Waals surface area contributed by atoms with E-state index >= 15 is 0 Å². The standard InChI is InChI=1S/C19H22N2O3/c1-13-5-8-15(19(23)24-4)12-17(13)20-16-9-6-14(7-10-16)11-18(22)21(2)3/h5-10,12,20H,11H2,1-4H3. The van der Waals surface area contributed by atoms with Gasteiger partial charge in [-0.2, -0.15) is 0 Å². The Balaban J connectivity index is 2.14. The Morgan fingerprint density at radius 1 is 1.08 bits per heavy atom. The first-order valence-corrected chi connectivity index (χ1v) is 7.66. The number of rotatable bonds is 5. The van der Waals surface area contributed by atoms with Crippen LogP contribution in [0.4, 0.5) is 11.4 Å². The van der Waals surface area contributed by atoms with E-state index in [0.717, 1.165) is 22.5 Å². The van der Waals surface area contributed by atoms with E-state index < -0.39 is 0 Å². The largest absolute Gasteiger partial charge is 0.465 e. The number of anilines is 2. The Hall–Kier alpha value is -2.82. The fourth-order valence-corrected chi connectivity index (χ4v) is 2.20. The van der Waals surface area contributed by atoms with Gasteiger partial charge in [0.25, 0.3) is 0 Å². The summed E-state index contributed by atoms with van der Waals surface area (Å²) in [6.45, 7) is 1.97. The number of hydrogen-bond donors (Lipinski definition) is 1. The molecule has 0 fully saturated rings. The molecule has 1 N–H and O–H groups in total. The molecule has 0 aromatic heterocycles. The third kappa shape index (κ3) is 4.35. The normalized spacial score (nSPS) is 10.2. The zero-order valence-electron chi connectivity index (χ0n) is 14.4. The van der Waals surface area contributed by atoms with Gasteiger partial charge >= 0.3 is 5.97 Å². The molecule has 5 nitrogen and oxygen atoms in total. The monoisotopic (exact) mass is 326 g/mol. The molecule has 0 spiro atoms. The van der Waals surface area contributed by atoms with Crippen molar-refractivity contribution in [1.29, 1.82) is 0 Å². The molecule has 0 saturated carbocycles. The maximum absolute atomic E-state index is 11.7. The highest BCUT2D eigenvalue weighted by atomic mass is 16.5. The lowest BCUT2D eigenvalue weighted by atomic mass is 10.1. The van der Waals surface area contributed by atoms with Crippen LogP contribution in [0, 0.1) is 6.92 Å². The van der Waals surface area contributed by atoms with Crippen LogP contribution in [0.5, 0.6) is 0 Å². The second-order valence-corrected chi connectivity index (χ2v) is 5.81. The van der Waals surface area contributed by atoms with Gasteiger partial charge in [0.15, 0.2) is 0 Å². The van der Waals surface area contributed by atoms with Gasteiger partial charge in [-0.1, -0.05) is 18.2 Å². The molecule has 5 heteroatoms. The number of nitrogens with zero attached hydrogens (tertiary/aromatic N) is 1. The van der Waals surface area contributed by atoms with Crippen LogP contribution in [0.1, 0.15) is 21.5 Å². The summed E-state index contributed by atoms with van der Waals surface area (Å²) in [4.78, 5) is 25.0. The van der Waals surface area contributed by atoms with Crippen molar-refractivity contribution in [2.24, 2.45) is 0 Å². The van der Waals surface area contributed by atoms with Gasteiger partial charge < -0.3 is 15.0 Å². The van der Waals surface area contributed by atoms with Crippen LogP contribution in [0.2, 0.25) is 0 Å². The molecule has 0 aliphatic carbocycles. The van der Waals surface area contributed by atoms with E-state index in [1.165, 1.54) is 7.11 Å². The summed E-state index contributed by atoms with van der Waals surface area (Å²) in [5, 5.41) is 3.29. The van der Waals surface area contributed by atoms with Crippen LogP contribution in [0.15, 0.2) is 42.5 Å². The number of methoxy groups -OCH3 is 1. The Kier molecular flexibility index (Phi) is 5.58. The number of likely N-dealkylation sites (N-methyl/N-ethyl adjacent to an activating group) is 1. The van der Waals surface area contributed by atoms with Crippen molar-refractivity contribution in [3.8, 4) is 0 Å². The fraction of sp³-hybridized carbons (Fsp3) is 0.263. The second kappa shape index (κ2) is 7.64. The summed E-state index contributed by atoms with van der Waals surface area (Å²) < 4.78 is 4.75. The van der Waals surface area contributed by atoms with Crippen LogP contribution in [0.25, 0.3) is 0 Å². The van der Waals surface area contributed by atoms with Gasteiger partial charge in [0, 0.05) is 25.5 Å². The van der Waals surface area contributed by atoms with E-state index in [1.807, 2.05) is 37.3 Å². The molecular formula is C19H22N2O3. The van der Waals surface area contributed by atoms with E-state index in [-0.39, 0.29) is 11.9 Å². The summed E-state index contributed by atoms with van der Waals surface area (Å²) >= 11 is 0. The van der Waals surface area contributed by atoms with Crippen LogP contribution in [0.3, 0.4) is 0 Å². The van der Waals surface area contributed by atoms with Crippen molar-refractivity contribution >= 4 is 23.3 Å². The number of nitrogens with one attached hydrogen (secondary N) is 1. The predicted octanol–water partition coefficient (Wildman–Crippen LogP) is 3.16. The second-order valence-electron chi connectivity index (χ2n) is 5.81. The molecule has 2 aromatic carbocycles. The summed E-state index contributed by atoms with van der Waals surface area (Å²) in [6, 6.07) is 13.1. The Labute approximate surface area is 142 Å². The third-order valence-corrected chi connectivity index (χ3v) is 3.75. The SMILES string of the molecule is COC(=O)c1ccc(C)c(Nc2ccc(CC(=O)N(C)C)cc2)c1. The van der Waals surface area contributed by atoms with E-state index in [4.69, 9.17) is 4.74 Å². The number of carbonyl (C=O) groups excluding carboxylic acids is 2. The molecule has 0 atom stereocenters. The lowest BCUT2D eigenvalue weighted by Gasteiger charge is -2.13. The summed E-state index contributed by atoms with van der Waals surface area (Å²) in [7, 11) is 4.85. The molecule has 0 aliphatic rings. The van der Waals surface area contributed by atoms with Crippen molar-refractivity contribution in [1.82, 2.24) is 4.90 Å². The molecular weight excluding hydrogens is 304 g/mol. The van der Waals surface area contributed by atoms with Gasteiger partial charge in [-0.15, -0.1) is 0 Å². The zero-order chi connectivity index (χ0) is 17.7. The molecule has 1 amide bonds. The maximum Gasteiger partial charge on any atom is 0.337 e. The van der Waals surface area contributed by atoms with E-state index in [9.17, 15) is 9.59 Å². The van der Waals surface area contributed by atoms with Gasteiger partial charge in [0.05, 0.1) is 19.1 Å².